The third kappa shape index (κ3) is 4.64. The number of pyridine rings is 2. The first-order valence-electron chi connectivity index (χ1n) is 12.6. The number of hydrogen-bond donors (Lipinski definition) is 3. The Morgan fingerprint density at radius 2 is 2.13 bits per heavy atom. The molecule has 12 heteroatoms. The number of aromatic nitrogens is 4. The van der Waals surface area contributed by atoms with Crippen LogP contribution in [-0.2, 0) is 11.8 Å². The minimum Gasteiger partial charge on any atom is -0.446 e. The van der Waals surface area contributed by atoms with Gasteiger partial charge in [0.25, 0.3) is 5.56 Å². The normalized spacial score (nSPS) is 19.1. The van der Waals surface area contributed by atoms with Gasteiger partial charge in [-0.15, -0.1) is 0 Å². The summed E-state index contributed by atoms with van der Waals surface area (Å²) in [6.07, 6.45) is 13.5. The van der Waals surface area contributed by atoms with E-state index in [2.05, 4.69) is 20.3 Å². The second-order valence-electron chi connectivity index (χ2n) is 9.60. The number of nitrogens with one attached hydrogen (secondary N) is 2. The molecular formula is C26H28ClN8O3+. The van der Waals surface area contributed by atoms with Crippen LogP contribution in [0.1, 0.15) is 43.2 Å². The van der Waals surface area contributed by atoms with Crippen molar-refractivity contribution in [2.45, 2.75) is 37.6 Å². The summed E-state index contributed by atoms with van der Waals surface area (Å²) < 4.78 is 15.1. The van der Waals surface area contributed by atoms with E-state index < -0.39 is 0 Å². The highest BCUT2D eigenvalue weighted by atomic mass is 35.5. The molecule has 1 saturated carbocycles. The summed E-state index contributed by atoms with van der Waals surface area (Å²) >= 11 is 6.75. The van der Waals surface area contributed by atoms with Crippen LogP contribution in [0.4, 0.5) is 11.6 Å². The van der Waals surface area contributed by atoms with Gasteiger partial charge in [0, 0.05) is 32.5 Å². The predicted molar refractivity (Wildman–Crippen MR) is 145 cm³/mol. The van der Waals surface area contributed by atoms with Crippen LogP contribution in [-0.4, -0.2) is 44.7 Å². The Morgan fingerprint density at radius 1 is 1.32 bits per heavy atom. The van der Waals surface area contributed by atoms with Gasteiger partial charge in [0.1, 0.15) is 22.4 Å². The summed E-state index contributed by atoms with van der Waals surface area (Å²) in [5.41, 5.74) is 3.15. The minimum absolute atomic E-state index is 0.0851. The number of quaternary nitrogens is 1. The standard InChI is InChI=1S/C26H27ClN8O3/c1-34-23-22(27)21(38-20(11-28)19-12-29-6-7-30-19)13-31-24(23)33-26(34)32-18-10-16(15-2-3-15)14-35(25(18)36)17-4-8-37-9-5-17/h6-7,10-15,17,28,30H,2-5,8-9H2,1H3,(H,31,32,33)/p+1/b20-19+,28-11?. The van der Waals surface area contributed by atoms with Gasteiger partial charge in [-0.25, -0.2) is 4.98 Å². The summed E-state index contributed by atoms with van der Waals surface area (Å²) in [5.74, 6) is 1.50. The lowest BCUT2D eigenvalue weighted by Gasteiger charge is -2.25. The molecule has 1 saturated heterocycles. The van der Waals surface area contributed by atoms with E-state index in [9.17, 15) is 4.79 Å². The zero-order chi connectivity index (χ0) is 26.2. The summed E-state index contributed by atoms with van der Waals surface area (Å²) in [6.45, 7) is 1.31. The molecule has 0 aromatic carbocycles. The highest BCUT2D eigenvalue weighted by molar-refractivity contribution is 6.36. The molecule has 4 N–H and O–H groups in total. The summed E-state index contributed by atoms with van der Waals surface area (Å²) in [5, 5.41) is 13.1. The van der Waals surface area contributed by atoms with Crippen molar-refractivity contribution in [2.24, 2.45) is 12.0 Å². The van der Waals surface area contributed by atoms with E-state index in [0.29, 0.717) is 52.7 Å². The molecule has 3 aromatic heterocycles. The molecule has 2 fully saturated rings. The molecule has 3 aliphatic rings. The van der Waals surface area contributed by atoms with E-state index in [1.165, 1.54) is 6.20 Å². The molecule has 11 nitrogen and oxygen atoms in total. The van der Waals surface area contributed by atoms with Gasteiger partial charge >= 0.3 is 0 Å². The average molecular weight is 536 g/mol. The van der Waals surface area contributed by atoms with Crippen molar-refractivity contribution in [2.75, 3.05) is 18.5 Å². The number of anilines is 2. The van der Waals surface area contributed by atoms with Crippen LogP contribution in [0.2, 0.25) is 5.02 Å². The first-order valence-corrected chi connectivity index (χ1v) is 13.0. The van der Waals surface area contributed by atoms with E-state index >= 15 is 0 Å². The second kappa shape index (κ2) is 10.2. The maximum atomic E-state index is 13.5. The predicted octanol–water partition coefficient (Wildman–Crippen LogP) is 3.11. The van der Waals surface area contributed by atoms with Crippen LogP contribution in [0.5, 0.6) is 5.75 Å². The number of rotatable bonds is 7. The maximum Gasteiger partial charge on any atom is 0.274 e. The molecule has 2 aliphatic heterocycles. The molecular weight excluding hydrogens is 508 g/mol. The number of nitrogens with zero attached hydrogens (tertiary/aromatic N) is 5. The summed E-state index contributed by atoms with van der Waals surface area (Å²) in [4.78, 5) is 26.7. The van der Waals surface area contributed by atoms with Gasteiger partial charge in [-0.2, -0.15) is 4.98 Å². The number of ether oxygens (including phenoxy) is 2. The number of fused-ring (bicyclic) bond motifs is 1. The molecule has 5 heterocycles. The van der Waals surface area contributed by atoms with E-state index in [1.54, 1.807) is 35.5 Å². The molecule has 196 valence electrons. The third-order valence-electron chi connectivity index (χ3n) is 7.05. The van der Waals surface area contributed by atoms with Crippen LogP contribution < -0.4 is 20.9 Å². The van der Waals surface area contributed by atoms with Crippen molar-refractivity contribution in [1.82, 2.24) is 19.1 Å². The van der Waals surface area contributed by atoms with Gasteiger partial charge in [-0.05, 0) is 43.2 Å². The first-order chi connectivity index (χ1) is 18.5. The largest absolute Gasteiger partial charge is 0.446 e. The first kappa shape index (κ1) is 24.5. The minimum atomic E-state index is -0.0851. The van der Waals surface area contributed by atoms with Crippen molar-refractivity contribution < 1.29 is 14.8 Å². The molecule has 0 unspecified atom stereocenters. The zero-order valence-corrected chi connectivity index (χ0v) is 21.6. The lowest BCUT2D eigenvalue weighted by molar-refractivity contribution is -0.528. The molecule has 0 radical (unpaired) electrons. The van der Waals surface area contributed by atoms with Gasteiger partial charge in [0.05, 0.1) is 24.8 Å². The number of aliphatic imine (C=N–C) groups is 1. The molecule has 1 aliphatic carbocycles. The van der Waals surface area contributed by atoms with Crippen molar-refractivity contribution >= 4 is 46.8 Å². The highest BCUT2D eigenvalue weighted by Gasteiger charge is 2.28. The van der Waals surface area contributed by atoms with Crippen molar-refractivity contribution in [3.05, 3.63) is 63.3 Å². The number of nitrogens with two attached hydrogens (primary N) is 1. The lowest BCUT2D eigenvalue weighted by Crippen LogP contribution is -2.77. The van der Waals surface area contributed by atoms with E-state index in [4.69, 9.17) is 26.5 Å². The molecule has 0 atom stereocenters. The highest BCUT2D eigenvalue weighted by Crippen LogP contribution is 2.41. The average Bonchev–Trinajstić information content (AvgIpc) is 3.75. The molecule has 0 spiro atoms. The van der Waals surface area contributed by atoms with Gasteiger partial charge < -0.3 is 29.3 Å². The second-order valence-corrected chi connectivity index (χ2v) is 9.98. The number of aryl methyl sites for hydroxylation is 1. The molecule has 6 rings (SSSR count). The Balaban J connectivity index is 1.35. The Hall–Kier alpha value is -3.80. The molecule has 0 bridgehead atoms. The third-order valence-corrected chi connectivity index (χ3v) is 7.41. The Labute approximate surface area is 223 Å². The van der Waals surface area contributed by atoms with E-state index in [0.717, 1.165) is 37.5 Å². The van der Waals surface area contributed by atoms with E-state index in [-0.39, 0.29) is 23.1 Å². The SMILES string of the molecule is Cn1c(Nc2cc(C3CC3)cn(C3CCOCC3)c2=O)nc2ncc(O/C(C=N)=C3\C=NC=C[NH2+]3)c(Cl)c21. The smallest absolute Gasteiger partial charge is 0.274 e. The topological polar surface area (TPSA) is 136 Å². The van der Waals surface area contributed by atoms with Crippen molar-refractivity contribution in [3.63, 3.8) is 0 Å². The van der Waals surface area contributed by atoms with Gasteiger partial charge in [-0.3, -0.25) is 15.1 Å². The van der Waals surface area contributed by atoms with Crippen LogP contribution in [0, 0.1) is 5.41 Å². The van der Waals surface area contributed by atoms with Crippen LogP contribution in [0.25, 0.3) is 11.2 Å². The van der Waals surface area contributed by atoms with Crippen molar-refractivity contribution in [1.29, 1.82) is 5.41 Å². The fraction of sp³-hybridized carbons (Fsp3) is 0.346. The van der Waals surface area contributed by atoms with Crippen molar-refractivity contribution in [3.8, 4) is 5.75 Å². The van der Waals surface area contributed by atoms with Gasteiger partial charge in [-0.1, -0.05) is 11.6 Å². The maximum absolute atomic E-state index is 13.5. The van der Waals surface area contributed by atoms with Gasteiger partial charge in [0.2, 0.25) is 11.7 Å². The Bertz CT molecular complexity index is 1560. The summed E-state index contributed by atoms with van der Waals surface area (Å²) in [6, 6.07) is 2.06. The fourth-order valence-electron chi connectivity index (χ4n) is 4.80. The Kier molecular flexibility index (Phi) is 6.56. The number of hydrogen-bond acceptors (Lipinski definition) is 8. The number of halogens is 1. The Morgan fingerprint density at radius 3 is 2.84 bits per heavy atom. The van der Waals surface area contributed by atoms with Crippen LogP contribution >= 0.6 is 11.6 Å². The van der Waals surface area contributed by atoms with E-state index in [1.807, 2.05) is 16.8 Å². The van der Waals surface area contributed by atoms with Crippen LogP contribution in [0.15, 0.2) is 52.1 Å². The molecule has 3 aromatic rings. The monoisotopic (exact) mass is 535 g/mol. The quantitative estimate of drug-likeness (QED) is 0.314. The van der Waals surface area contributed by atoms with Crippen LogP contribution in [0.3, 0.4) is 0 Å². The zero-order valence-electron chi connectivity index (χ0n) is 20.9. The summed E-state index contributed by atoms with van der Waals surface area (Å²) in [7, 11) is 1.80. The number of allylic oxidation sites excluding steroid dienone is 2. The molecule has 38 heavy (non-hydrogen) atoms. The number of imidazole rings is 1. The molecule has 0 amide bonds. The lowest BCUT2D eigenvalue weighted by atomic mass is 10.1. The van der Waals surface area contributed by atoms with Gasteiger partial charge in [0.15, 0.2) is 17.1 Å². The fourth-order valence-corrected chi connectivity index (χ4v) is 5.10.